The summed E-state index contributed by atoms with van der Waals surface area (Å²) in [5, 5.41) is 8.76. The third-order valence-corrected chi connectivity index (χ3v) is 1.51. The van der Waals surface area contributed by atoms with Crippen LogP contribution in [0, 0.1) is 11.3 Å². The molecule has 0 heterocycles. The zero-order valence-corrected chi connectivity index (χ0v) is 8.79. The van der Waals surface area contributed by atoms with E-state index in [4.69, 9.17) is 14.7 Å². The maximum Gasteiger partial charge on any atom is 0.352 e. The van der Waals surface area contributed by atoms with E-state index in [0.717, 1.165) is 0 Å². The molecule has 0 aliphatic carbocycles. The molecular formula is C10H15NO3. The molecule has 0 rings (SSSR count). The molecule has 0 N–H and O–H groups in total. The van der Waals surface area contributed by atoms with Crippen LogP contribution in [0.2, 0.25) is 0 Å². The Kier molecular flexibility index (Phi) is 6.21. The molecule has 0 saturated heterocycles. The van der Waals surface area contributed by atoms with Crippen LogP contribution in [0.15, 0.2) is 11.3 Å². The van der Waals surface area contributed by atoms with Gasteiger partial charge in [-0.15, -0.1) is 0 Å². The average molecular weight is 197 g/mol. The summed E-state index contributed by atoms with van der Waals surface area (Å²) in [6.07, 6.45) is 0.509. The van der Waals surface area contributed by atoms with Crippen molar-refractivity contribution in [2.45, 2.75) is 27.2 Å². The van der Waals surface area contributed by atoms with Gasteiger partial charge < -0.3 is 9.47 Å². The van der Waals surface area contributed by atoms with Gasteiger partial charge in [0.25, 0.3) is 0 Å². The van der Waals surface area contributed by atoms with Crippen LogP contribution in [0.5, 0.6) is 0 Å². The second-order valence-corrected chi connectivity index (χ2v) is 2.42. The van der Waals surface area contributed by atoms with Gasteiger partial charge in [-0.05, 0) is 13.8 Å². The summed E-state index contributed by atoms with van der Waals surface area (Å²) in [7, 11) is 0. The highest BCUT2D eigenvalue weighted by Crippen LogP contribution is 2.11. The van der Waals surface area contributed by atoms with Crippen LogP contribution in [-0.4, -0.2) is 19.2 Å². The molecule has 0 aromatic carbocycles. The van der Waals surface area contributed by atoms with Gasteiger partial charge in [0.15, 0.2) is 5.57 Å². The Labute approximate surface area is 84.1 Å². The van der Waals surface area contributed by atoms with Crippen molar-refractivity contribution in [3.63, 3.8) is 0 Å². The van der Waals surface area contributed by atoms with E-state index in [-0.39, 0.29) is 12.2 Å². The number of esters is 1. The highest BCUT2D eigenvalue weighted by Gasteiger charge is 2.16. The molecule has 4 nitrogen and oxygen atoms in total. The molecular weight excluding hydrogens is 182 g/mol. The third kappa shape index (κ3) is 3.48. The number of ether oxygens (including phenoxy) is 2. The summed E-state index contributed by atoms with van der Waals surface area (Å²) >= 11 is 0. The summed E-state index contributed by atoms with van der Waals surface area (Å²) in [4.78, 5) is 11.3. The van der Waals surface area contributed by atoms with Gasteiger partial charge in [0.1, 0.15) is 11.8 Å². The number of carbonyl (C=O) groups is 1. The fourth-order valence-electron chi connectivity index (χ4n) is 0.950. The smallest absolute Gasteiger partial charge is 0.352 e. The molecule has 0 amide bonds. The molecule has 0 atom stereocenters. The third-order valence-electron chi connectivity index (χ3n) is 1.51. The monoisotopic (exact) mass is 197 g/mol. The van der Waals surface area contributed by atoms with Crippen molar-refractivity contribution < 1.29 is 14.3 Å². The van der Waals surface area contributed by atoms with Crippen molar-refractivity contribution in [2.24, 2.45) is 0 Å². The highest BCUT2D eigenvalue weighted by molar-refractivity contribution is 5.93. The molecule has 78 valence electrons. The van der Waals surface area contributed by atoms with Crippen molar-refractivity contribution in [2.75, 3.05) is 13.2 Å². The van der Waals surface area contributed by atoms with E-state index in [1.807, 2.05) is 6.92 Å². The Morgan fingerprint density at radius 3 is 2.14 bits per heavy atom. The Hall–Kier alpha value is -1.50. The molecule has 0 aromatic rings. The minimum absolute atomic E-state index is 0.0313. The first kappa shape index (κ1) is 12.5. The molecule has 0 saturated carbocycles. The molecule has 0 radical (unpaired) electrons. The average Bonchev–Trinajstić information content (AvgIpc) is 2.18. The first-order valence-electron chi connectivity index (χ1n) is 4.64. The number of rotatable bonds is 5. The topological polar surface area (TPSA) is 59.3 Å². The Bertz CT molecular complexity index is 263. The normalized spacial score (nSPS) is 11.3. The first-order valence-corrected chi connectivity index (χ1v) is 4.64. The summed E-state index contributed by atoms with van der Waals surface area (Å²) in [6, 6.07) is 1.80. The molecule has 4 heteroatoms. The molecule has 0 aromatic heterocycles. The largest absolute Gasteiger partial charge is 0.497 e. The van der Waals surface area contributed by atoms with E-state index in [1.165, 1.54) is 0 Å². The SMILES string of the molecule is CCOC(=O)/C(C#N)=C(\CC)OCC. The highest BCUT2D eigenvalue weighted by atomic mass is 16.5. The number of nitrogens with zero attached hydrogens (tertiary/aromatic N) is 1. The summed E-state index contributed by atoms with van der Waals surface area (Å²) in [6.45, 7) is 6.01. The van der Waals surface area contributed by atoms with Crippen LogP contribution >= 0.6 is 0 Å². The second-order valence-electron chi connectivity index (χ2n) is 2.42. The Morgan fingerprint density at radius 2 is 1.79 bits per heavy atom. The van der Waals surface area contributed by atoms with Crippen LogP contribution in [0.3, 0.4) is 0 Å². The van der Waals surface area contributed by atoms with E-state index < -0.39 is 5.97 Å². The van der Waals surface area contributed by atoms with E-state index in [1.54, 1.807) is 19.9 Å². The molecule has 0 unspecified atom stereocenters. The number of hydrogen-bond donors (Lipinski definition) is 0. The van der Waals surface area contributed by atoms with Crippen LogP contribution in [0.4, 0.5) is 0 Å². The molecule has 0 aliphatic heterocycles. The van der Waals surface area contributed by atoms with Crippen molar-refractivity contribution >= 4 is 5.97 Å². The Balaban J connectivity index is 4.80. The summed E-state index contributed by atoms with van der Waals surface area (Å²) in [5.74, 6) is -0.214. The summed E-state index contributed by atoms with van der Waals surface area (Å²) < 4.78 is 9.89. The standard InChI is InChI=1S/C10H15NO3/c1-4-9(13-5-2)8(7-11)10(12)14-6-3/h4-6H2,1-3H3/b9-8+. The van der Waals surface area contributed by atoms with E-state index in [0.29, 0.717) is 18.8 Å². The van der Waals surface area contributed by atoms with Crippen LogP contribution in [0.1, 0.15) is 27.2 Å². The predicted octanol–water partition coefficient (Wildman–Crippen LogP) is 1.77. The lowest BCUT2D eigenvalue weighted by molar-refractivity contribution is -0.138. The Morgan fingerprint density at radius 1 is 1.21 bits per heavy atom. The lowest BCUT2D eigenvalue weighted by Gasteiger charge is -2.08. The van der Waals surface area contributed by atoms with E-state index in [9.17, 15) is 4.79 Å². The lowest BCUT2D eigenvalue weighted by Crippen LogP contribution is -2.10. The minimum Gasteiger partial charge on any atom is -0.497 e. The van der Waals surface area contributed by atoms with E-state index >= 15 is 0 Å². The minimum atomic E-state index is -0.611. The van der Waals surface area contributed by atoms with Gasteiger partial charge in [0.2, 0.25) is 0 Å². The fourth-order valence-corrected chi connectivity index (χ4v) is 0.950. The number of carbonyl (C=O) groups excluding carboxylic acids is 1. The van der Waals surface area contributed by atoms with Gasteiger partial charge >= 0.3 is 5.97 Å². The molecule has 14 heavy (non-hydrogen) atoms. The molecule has 0 fully saturated rings. The number of allylic oxidation sites excluding steroid dienone is 1. The molecule has 0 spiro atoms. The van der Waals surface area contributed by atoms with Gasteiger partial charge in [0, 0.05) is 6.42 Å². The van der Waals surface area contributed by atoms with Gasteiger partial charge in [0.05, 0.1) is 13.2 Å². The second kappa shape index (κ2) is 6.96. The maximum absolute atomic E-state index is 11.3. The van der Waals surface area contributed by atoms with Crippen LogP contribution in [-0.2, 0) is 14.3 Å². The van der Waals surface area contributed by atoms with Crippen molar-refractivity contribution in [1.82, 2.24) is 0 Å². The van der Waals surface area contributed by atoms with Crippen molar-refractivity contribution in [3.05, 3.63) is 11.3 Å². The number of hydrogen-bond acceptors (Lipinski definition) is 4. The quantitative estimate of drug-likeness (QED) is 0.292. The zero-order valence-electron chi connectivity index (χ0n) is 8.79. The van der Waals surface area contributed by atoms with Gasteiger partial charge in [-0.1, -0.05) is 6.92 Å². The van der Waals surface area contributed by atoms with Crippen LogP contribution in [0.25, 0.3) is 0 Å². The van der Waals surface area contributed by atoms with Gasteiger partial charge in [-0.2, -0.15) is 5.26 Å². The lowest BCUT2D eigenvalue weighted by atomic mass is 10.2. The zero-order chi connectivity index (χ0) is 11.0. The van der Waals surface area contributed by atoms with Crippen LogP contribution < -0.4 is 0 Å². The predicted molar refractivity (Wildman–Crippen MR) is 51.2 cm³/mol. The summed E-state index contributed by atoms with van der Waals surface area (Å²) in [5.41, 5.74) is -0.0313. The molecule has 0 bridgehead atoms. The van der Waals surface area contributed by atoms with Gasteiger partial charge in [-0.3, -0.25) is 0 Å². The van der Waals surface area contributed by atoms with Crippen molar-refractivity contribution in [3.8, 4) is 6.07 Å². The maximum atomic E-state index is 11.3. The van der Waals surface area contributed by atoms with E-state index in [2.05, 4.69) is 0 Å². The fraction of sp³-hybridized carbons (Fsp3) is 0.600. The number of nitriles is 1. The molecule has 0 aliphatic rings. The van der Waals surface area contributed by atoms with Crippen molar-refractivity contribution in [1.29, 1.82) is 5.26 Å². The van der Waals surface area contributed by atoms with Gasteiger partial charge in [-0.25, -0.2) is 4.79 Å². The first-order chi connectivity index (χ1) is 6.71.